The third kappa shape index (κ3) is 4.50. The molecule has 0 unspecified atom stereocenters. The van der Waals surface area contributed by atoms with Crippen LogP contribution in [0.4, 0.5) is 5.69 Å². The Morgan fingerprint density at radius 1 is 0.703 bits per heavy atom. The van der Waals surface area contributed by atoms with Gasteiger partial charge in [-0.15, -0.1) is 0 Å². The Kier molecular flexibility index (Phi) is 6.34. The summed E-state index contributed by atoms with van der Waals surface area (Å²) in [6.07, 6.45) is -1.20. The number of rotatable bonds is 7. The number of hydrogen-bond donors (Lipinski definition) is 0. The second-order valence-electron chi connectivity index (χ2n) is 8.33. The number of benzene rings is 4. The highest BCUT2D eigenvalue weighted by Gasteiger charge is 2.36. The molecule has 0 aromatic heterocycles. The van der Waals surface area contributed by atoms with E-state index in [0.29, 0.717) is 28.0 Å². The SMILES string of the molecule is COc1ccc(C(=O)[C@@H](OC(=O)c2cccc(N3C(=O)c4ccccc4C3=O)c2)c2ccccc2)cc1. The van der Waals surface area contributed by atoms with E-state index in [2.05, 4.69) is 0 Å². The third-order valence-corrected chi connectivity index (χ3v) is 6.07. The summed E-state index contributed by atoms with van der Waals surface area (Å²) < 4.78 is 10.9. The fourth-order valence-electron chi connectivity index (χ4n) is 4.18. The number of carbonyl (C=O) groups is 4. The summed E-state index contributed by atoms with van der Waals surface area (Å²) in [6, 6.07) is 27.8. The Morgan fingerprint density at radius 2 is 1.32 bits per heavy atom. The molecule has 2 amide bonds. The van der Waals surface area contributed by atoms with Gasteiger partial charge < -0.3 is 9.47 Å². The number of amides is 2. The first-order valence-corrected chi connectivity index (χ1v) is 11.5. The molecule has 4 aromatic rings. The maximum Gasteiger partial charge on any atom is 0.339 e. The Balaban J connectivity index is 1.43. The quantitative estimate of drug-likeness (QED) is 0.199. The number of Topliss-reactive ketones (excluding diaryl/α,β-unsaturated/α-hetero) is 1. The minimum absolute atomic E-state index is 0.0949. The van der Waals surface area contributed by atoms with Crippen LogP contribution in [0.3, 0.4) is 0 Å². The minimum atomic E-state index is -1.20. The molecule has 0 fully saturated rings. The fraction of sp³-hybridized carbons (Fsp3) is 0.0667. The molecule has 4 aromatic carbocycles. The number of esters is 1. The van der Waals surface area contributed by atoms with Crippen LogP contribution < -0.4 is 9.64 Å². The predicted molar refractivity (Wildman–Crippen MR) is 136 cm³/mol. The van der Waals surface area contributed by atoms with Crippen molar-refractivity contribution in [3.8, 4) is 5.75 Å². The van der Waals surface area contributed by atoms with Crippen LogP contribution in [-0.4, -0.2) is 30.7 Å². The van der Waals surface area contributed by atoms with Crippen LogP contribution in [0.2, 0.25) is 0 Å². The summed E-state index contributed by atoms with van der Waals surface area (Å²) in [5, 5.41) is 0. The van der Waals surface area contributed by atoms with Crippen molar-refractivity contribution >= 4 is 29.3 Å². The molecule has 5 rings (SSSR count). The molecule has 0 bridgehead atoms. The van der Waals surface area contributed by atoms with E-state index < -0.39 is 29.7 Å². The number of imide groups is 1. The van der Waals surface area contributed by atoms with Crippen molar-refractivity contribution in [2.75, 3.05) is 12.0 Å². The topological polar surface area (TPSA) is 90.0 Å². The van der Waals surface area contributed by atoms with Gasteiger partial charge in [-0.1, -0.05) is 48.5 Å². The van der Waals surface area contributed by atoms with E-state index in [1.807, 2.05) is 0 Å². The number of hydrogen-bond acceptors (Lipinski definition) is 6. The van der Waals surface area contributed by atoms with Gasteiger partial charge in [0.1, 0.15) is 5.75 Å². The summed E-state index contributed by atoms with van der Waals surface area (Å²) in [5.74, 6) is -1.52. The van der Waals surface area contributed by atoms with Crippen LogP contribution in [0.15, 0.2) is 103 Å². The summed E-state index contributed by atoms with van der Waals surface area (Å²) in [7, 11) is 1.53. The molecule has 1 atom stereocenters. The Morgan fingerprint density at radius 3 is 1.95 bits per heavy atom. The molecule has 182 valence electrons. The largest absolute Gasteiger partial charge is 0.497 e. The molecule has 7 heteroatoms. The monoisotopic (exact) mass is 491 g/mol. The fourth-order valence-corrected chi connectivity index (χ4v) is 4.18. The van der Waals surface area contributed by atoms with Crippen LogP contribution in [0.5, 0.6) is 5.75 Å². The predicted octanol–water partition coefficient (Wildman–Crippen LogP) is 5.28. The lowest BCUT2D eigenvalue weighted by Crippen LogP contribution is -2.29. The van der Waals surface area contributed by atoms with Crippen LogP contribution >= 0.6 is 0 Å². The zero-order valence-electron chi connectivity index (χ0n) is 19.8. The Hall–Kier alpha value is -5.04. The highest BCUT2D eigenvalue weighted by molar-refractivity contribution is 6.34. The molecule has 1 aliphatic heterocycles. The van der Waals surface area contributed by atoms with E-state index in [-0.39, 0.29) is 11.3 Å². The second kappa shape index (κ2) is 9.91. The standard InChI is InChI=1S/C30H21NO6/c1-36-23-16-14-19(15-17-23)26(32)27(20-8-3-2-4-9-20)37-30(35)21-10-7-11-22(18-21)31-28(33)24-12-5-6-13-25(24)29(31)34/h2-18,27H,1H3/t27-/m0/s1. The molecular weight excluding hydrogens is 470 g/mol. The second-order valence-corrected chi connectivity index (χ2v) is 8.33. The van der Waals surface area contributed by atoms with E-state index in [9.17, 15) is 19.2 Å². The van der Waals surface area contributed by atoms with Gasteiger partial charge in [-0.3, -0.25) is 14.4 Å². The Labute approximate surface area is 212 Å². The molecule has 7 nitrogen and oxygen atoms in total. The summed E-state index contributed by atoms with van der Waals surface area (Å²) in [6.45, 7) is 0. The molecule has 0 saturated carbocycles. The summed E-state index contributed by atoms with van der Waals surface area (Å²) in [4.78, 5) is 53.4. The van der Waals surface area contributed by atoms with Crippen LogP contribution in [0.25, 0.3) is 0 Å². The van der Waals surface area contributed by atoms with Gasteiger partial charge in [-0.2, -0.15) is 0 Å². The number of methoxy groups -OCH3 is 1. The zero-order valence-corrected chi connectivity index (χ0v) is 19.8. The maximum absolute atomic E-state index is 13.4. The van der Waals surface area contributed by atoms with Crippen molar-refractivity contribution in [3.63, 3.8) is 0 Å². The minimum Gasteiger partial charge on any atom is -0.497 e. The van der Waals surface area contributed by atoms with E-state index >= 15 is 0 Å². The van der Waals surface area contributed by atoms with Crippen molar-refractivity contribution in [1.29, 1.82) is 0 Å². The number of carbonyl (C=O) groups excluding carboxylic acids is 4. The molecule has 0 aliphatic carbocycles. The van der Waals surface area contributed by atoms with Crippen molar-refractivity contribution in [2.45, 2.75) is 6.10 Å². The van der Waals surface area contributed by atoms with Crippen LogP contribution in [0.1, 0.15) is 53.1 Å². The first-order chi connectivity index (χ1) is 18.0. The highest BCUT2D eigenvalue weighted by atomic mass is 16.5. The lowest BCUT2D eigenvalue weighted by molar-refractivity contribution is 0.0280. The van der Waals surface area contributed by atoms with Crippen LogP contribution in [0, 0.1) is 0 Å². The van der Waals surface area contributed by atoms with E-state index in [1.165, 1.54) is 19.2 Å². The van der Waals surface area contributed by atoms with Crippen molar-refractivity contribution in [2.24, 2.45) is 0 Å². The molecule has 0 saturated heterocycles. The lowest BCUT2D eigenvalue weighted by atomic mass is 9.99. The molecule has 0 spiro atoms. The van der Waals surface area contributed by atoms with Crippen molar-refractivity contribution in [1.82, 2.24) is 0 Å². The third-order valence-electron chi connectivity index (χ3n) is 6.07. The van der Waals surface area contributed by atoms with Gasteiger partial charge in [0.25, 0.3) is 11.8 Å². The Bertz CT molecular complexity index is 1480. The summed E-state index contributed by atoms with van der Waals surface area (Å²) in [5.41, 5.74) is 1.79. The van der Waals surface area contributed by atoms with Gasteiger partial charge in [-0.25, -0.2) is 9.69 Å². The smallest absolute Gasteiger partial charge is 0.339 e. The maximum atomic E-state index is 13.4. The van der Waals surface area contributed by atoms with Crippen molar-refractivity contribution in [3.05, 3.63) is 131 Å². The van der Waals surface area contributed by atoms with Crippen molar-refractivity contribution < 1.29 is 28.7 Å². The number of ketones is 1. The van der Waals surface area contributed by atoms with Gasteiger partial charge in [0.05, 0.1) is 29.5 Å². The number of fused-ring (bicyclic) bond motifs is 1. The first-order valence-electron chi connectivity index (χ1n) is 11.5. The molecule has 1 heterocycles. The first kappa shape index (κ1) is 23.7. The van der Waals surface area contributed by atoms with E-state index in [4.69, 9.17) is 9.47 Å². The van der Waals surface area contributed by atoms with E-state index in [0.717, 1.165) is 4.90 Å². The molecular formula is C30H21NO6. The number of nitrogens with zero attached hydrogens (tertiary/aromatic N) is 1. The van der Waals surface area contributed by atoms with Crippen LogP contribution in [-0.2, 0) is 4.74 Å². The molecule has 0 radical (unpaired) electrons. The summed E-state index contributed by atoms with van der Waals surface area (Å²) >= 11 is 0. The highest BCUT2D eigenvalue weighted by Crippen LogP contribution is 2.30. The molecule has 37 heavy (non-hydrogen) atoms. The van der Waals surface area contributed by atoms with Gasteiger partial charge in [0.15, 0.2) is 6.10 Å². The van der Waals surface area contributed by atoms with Gasteiger partial charge in [0, 0.05) is 11.1 Å². The van der Waals surface area contributed by atoms with Gasteiger partial charge in [0.2, 0.25) is 5.78 Å². The molecule has 0 N–H and O–H groups in total. The number of ether oxygens (including phenoxy) is 2. The lowest BCUT2D eigenvalue weighted by Gasteiger charge is -2.19. The molecule has 1 aliphatic rings. The average Bonchev–Trinajstić information content (AvgIpc) is 3.21. The zero-order chi connectivity index (χ0) is 25.9. The van der Waals surface area contributed by atoms with Gasteiger partial charge >= 0.3 is 5.97 Å². The van der Waals surface area contributed by atoms with E-state index in [1.54, 1.807) is 91.0 Å². The van der Waals surface area contributed by atoms with Gasteiger partial charge in [-0.05, 0) is 54.6 Å². The number of anilines is 1. The normalized spacial score (nSPS) is 13.2. The average molecular weight is 491 g/mol.